The molecule has 1 unspecified atom stereocenters. The van der Waals surface area contributed by atoms with E-state index >= 15 is 0 Å². The van der Waals surface area contributed by atoms with E-state index in [0.29, 0.717) is 11.1 Å². The number of hydrogen-bond donors (Lipinski definition) is 0. The van der Waals surface area contributed by atoms with Crippen molar-refractivity contribution in [2.75, 3.05) is 6.61 Å². The summed E-state index contributed by atoms with van der Waals surface area (Å²) in [7, 11) is -2.43. The highest BCUT2D eigenvalue weighted by Crippen LogP contribution is 2.45. The van der Waals surface area contributed by atoms with Crippen molar-refractivity contribution in [3.8, 4) is 0 Å². The van der Waals surface area contributed by atoms with Crippen molar-refractivity contribution in [1.82, 2.24) is 4.90 Å². The Balaban J connectivity index is 1.42. The molecule has 3 aromatic carbocycles. The van der Waals surface area contributed by atoms with E-state index < -0.39 is 44.4 Å². The standard InChI is InChI=1S/C33H37NO7SSi/c1-33(2,3)43(4,5)41-40-28-26(34-29(35)23-18-12-13-19-24(23)30(34)36)32(42-22-16-10-7-11-17-22)38-25-20-37-31(39-27(25)28)21-14-8-6-9-15-21/h6-19,25-28,31-32H,20H2,1-5H3/t25-,26-,27-,28-,31?,32+/m1/s1. The molecule has 2 amide bonds. The minimum Gasteiger partial charge on any atom is -0.356 e. The van der Waals surface area contributed by atoms with Crippen molar-refractivity contribution in [2.45, 2.75) is 79.9 Å². The number of carbonyl (C=O) groups is 2. The van der Waals surface area contributed by atoms with Crippen molar-refractivity contribution < 1.29 is 33.3 Å². The lowest BCUT2D eigenvalue weighted by Crippen LogP contribution is -2.67. The molecule has 10 heteroatoms. The zero-order valence-electron chi connectivity index (χ0n) is 25.0. The zero-order chi connectivity index (χ0) is 30.4. The zero-order valence-corrected chi connectivity index (χ0v) is 26.8. The maximum Gasteiger partial charge on any atom is 0.262 e. The third-order valence-corrected chi connectivity index (χ3v) is 14.0. The van der Waals surface area contributed by atoms with Crippen molar-refractivity contribution in [2.24, 2.45) is 0 Å². The summed E-state index contributed by atoms with van der Waals surface area (Å²) in [6.45, 7) is 10.8. The van der Waals surface area contributed by atoms with Gasteiger partial charge in [-0.05, 0) is 42.4 Å². The quantitative estimate of drug-likeness (QED) is 0.127. The van der Waals surface area contributed by atoms with Crippen LogP contribution in [0.1, 0.15) is 53.3 Å². The van der Waals surface area contributed by atoms with Gasteiger partial charge in [-0.15, -0.1) is 0 Å². The number of thioether (sulfide) groups is 1. The summed E-state index contributed by atoms with van der Waals surface area (Å²) in [5.74, 6) is -0.780. The molecule has 3 aromatic rings. The van der Waals surface area contributed by atoms with E-state index in [2.05, 4.69) is 33.9 Å². The molecule has 2 fully saturated rings. The first-order valence-electron chi connectivity index (χ1n) is 14.6. The van der Waals surface area contributed by atoms with Crippen LogP contribution in [-0.4, -0.2) is 61.4 Å². The maximum absolute atomic E-state index is 13.9. The SMILES string of the molecule is CC(C)(C)[Si](C)(C)OO[C@H]1[C@@H]2OC(c3ccccc3)OC[C@H]2O[C@@H](Sc2ccccc2)[C@@H]1N1C(=O)c2ccccc2C1=O. The van der Waals surface area contributed by atoms with Gasteiger partial charge in [0.1, 0.15) is 29.8 Å². The molecule has 0 bridgehead atoms. The van der Waals surface area contributed by atoms with Crippen molar-refractivity contribution in [3.63, 3.8) is 0 Å². The normalized spacial score (nSPS) is 27.6. The molecule has 0 aliphatic carbocycles. The van der Waals surface area contributed by atoms with Crippen LogP contribution in [0, 0.1) is 0 Å². The lowest BCUT2D eigenvalue weighted by Gasteiger charge is -2.51. The summed E-state index contributed by atoms with van der Waals surface area (Å²) in [5, 5.41) is -0.149. The van der Waals surface area contributed by atoms with Crippen LogP contribution in [0.2, 0.25) is 18.1 Å². The fourth-order valence-corrected chi connectivity index (χ4v) is 7.03. The molecule has 2 saturated heterocycles. The van der Waals surface area contributed by atoms with E-state index in [4.69, 9.17) is 23.7 Å². The first kappa shape index (κ1) is 30.2. The van der Waals surface area contributed by atoms with E-state index in [0.717, 1.165) is 10.5 Å². The van der Waals surface area contributed by atoms with Gasteiger partial charge in [-0.2, -0.15) is 0 Å². The summed E-state index contributed by atoms with van der Waals surface area (Å²) >= 11 is 1.43. The van der Waals surface area contributed by atoms with Crippen molar-refractivity contribution >= 4 is 31.9 Å². The summed E-state index contributed by atoms with van der Waals surface area (Å²) in [5.41, 5.74) is 0.886. The molecule has 6 rings (SSSR count). The number of benzene rings is 3. The van der Waals surface area contributed by atoms with Gasteiger partial charge in [0.15, 0.2) is 6.29 Å². The Morgan fingerprint density at radius 3 is 2.02 bits per heavy atom. The highest BCUT2D eigenvalue weighted by Gasteiger charge is 2.58. The Hall–Kier alpha value is -2.83. The molecule has 3 aliphatic heterocycles. The molecule has 0 spiro atoms. The van der Waals surface area contributed by atoms with E-state index in [1.54, 1.807) is 24.3 Å². The Bertz CT molecular complexity index is 1430. The first-order chi connectivity index (χ1) is 20.5. The van der Waals surface area contributed by atoms with Crippen LogP contribution in [0.25, 0.3) is 0 Å². The van der Waals surface area contributed by atoms with Crippen LogP contribution in [-0.2, 0) is 23.7 Å². The predicted molar refractivity (Wildman–Crippen MR) is 165 cm³/mol. The number of amides is 2. The number of hydrogen-bond acceptors (Lipinski definition) is 8. The molecular formula is C33H37NO7SSi. The average molecular weight is 620 g/mol. The molecule has 0 radical (unpaired) electrons. The third-order valence-electron chi connectivity index (χ3n) is 8.67. The maximum atomic E-state index is 13.9. The molecular weight excluding hydrogens is 583 g/mol. The summed E-state index contributed by atoms with van der Waals surface area (Å²) < 4.78 is 25.8. The van der Waals surface area contributed by atoms with E-state index in [1.807, 2.05) is 60.7 Å². The van der Waals surface area contributed by atoms with Gasteiger partial charge in [-0.25, -0.2) is 4.89 Å². The van der Waals surface area contributed by atoms with Crippen LogP contribution >= 0.6 is 11.8 Å². The average Bonchev–Trinajstić information content (AvgIpc) is 3.25. The minimum atomic E-state index is -2.43. The predicted octanol–water partition coefficient (Wildman–Crippen LogP) is 6.60. The van der Waals surface area contributed by atoms with Gasteiger partial charge in [-0.3, -0.25) is 19.1 Å². The summed E-state index contributed by atoms with van der Waals surface area (Å²) in [6, 6.07) is 25.4. The lowest BCUT2D eigenvalue weighted by molar-refractivity contribution is -0.365. The Labute approximate surface area is 257 Å². The molecule has 6 atom stereocenters. The number of carbonyl (C=O) groups excluding carboxylic acids is 2. The monoisotopic (exact) mass is 619 g/mol. The van der Waals surface area contributed by atoms with Crippen molar-refractivity contribution in [1.29, 1.82) is 0 Å². The van der Waals surface area contributed by atoms with Crippen molar-refractivity contribution in [3.05, 3.63) is 102 Å². The smallest absolute Gasteiger partial charge is 0.262 e. The Morgan fingerprint density at radius 2 is 1.42 bits per heavy atom. The van der Waals surface area contributed by atoms with E-state index in [-0.39, 0.29) is 23.5 Å². The minimum absolute atomic E-state index is 0.149. The molecule has 3 heterocycles. The van der Waals surface area contributed by atoms with E-state index in [1.165, 1.54) is 16.7 Å². The Morgan fingerprint density at radius 1 is 0.837 bits per heavy atom. The summed E-state index contributed by atoms with van der Waals surface area (Å²) in [4.78, 5) is 36.6. The molecule has 0 aromatic heterocycles. The molecule has 43 heavy (non-hydrogen) atoms. The largest absolute Gasteiger partial charge is 0.356 e. The highest BCUT2D eigenvalue weighted by atomic mass is 32.2. The van der Waals surface area contributed by atoms with Gasteiger partial charge in [0.2, 0.25) is 8.32 Å². The van der Waals surface area contributed by atoms with Gasteiger partial charge in [0, 0.05) is 10.5 Å². The number of ether oxygens (including phenoxy) is 3. The second-order valence-corrected chi connectivity index (χ2v) is 18.4. The van der Waals surface area contributed by atoms with E-state index in [9.17, 15) is 9.59 Å². The highest BCUT2D eigenvalue weighted by molar-refractivity contribution is 7.99. The van der Waals surface area contributed by atoms with Gasteiger partial charge in [-0.1, -0.05) is 93.2 Å². The van der Waals surface area contributed by atoms with Gasteiger partial charge < -0.3 is 14.2 Å². The van der Waals surface area contributed by atoms with Crippen LogP contribution in [0.15, 0.2) is 89.8 Å². The van der Waals surface area contributed by atoms with Crippen LogP contribution < -0.4 is 0 Å². The number of rotatable bonds is 7. The second kappa shape index (κ2) is 11.9. The number of fused-ring (bicyclic) bond motifs is 2. The van der Waals surface area contributed by atoms with Crippen LogP contribution in [0.5, 0.6) is 0 Å². The number of nitrogens with zero attached hydrogens (tertiary/aromatic N) is 1. The number of imide groups is 1. The second-order valence-electron chi connectivity index (χ2n) is 12.6. The van der Waals surface area contributed by atoms with Crippen LogP contribution in [0.4, 0.5) is 0 Å². The lowest BCUT2D eigenvalue weighted by atomic mass is 9.95. The Kier molecular flexibility index (Phi) is 8.38. The molecule has 0 saturated carbocycles. The fraction of sp³-hybridized carbons (Fsp3) is 0.394. The molecule has 0 N–H and O–H groups in total. The molecule has 226 valence electrons. The van der Waals surface area contributed by atoms with Gasteiger partial charge >= 0.3 is 0 Å². The fourth-order valence-electron chi connectivity index (χ4n) is 5.23. The molecule has 8 nitrogen and oxygen atoms in total. The summed E-state index contributed by atoms with van der Waals surface area (Å²) in [6.07, 6.45) is -2.75. The van der Waals surface area contributed by atoms with Gasteiger partial charge in [0.05, 0.1) is 17.7 Å². The topological polar surface area (TPSA) is 83.5 Å². The van der Waals surface area contributed by atoms with Crippen LogP contribution in [0.3, 0.4) is 0 Å². The third kappa shape index (κ3) is 5.85. The van der Waals surface area contributed by atoms with Gasteiger partial charge in [0.25, 0.3) is 11.8 Å². The molecule has 3 aliphatic rings. The first-order valence-corrected chi connectivity index (χ1v) is 18.3.